The second-order valence-electron chi connectivity index (χ2n) is 11.8. The Balaban J connectivity index is 1.66. The second kappa shape index (κ2) is 17.1. The summed E-state index contributed by atoms with van der Waals surface area (Å²) in [5, 5.41) is 22.4. The topological polar surface area (TPSA) is 223 Å². The first-order chi connectivity index (χ1) is 22.3. The molecule has 6 N–H and O–H groups in total. The minimum atomic E-state index is -1.34. The van der Waals surface area contributed by atoms with Gasteiger partial charge in [-0.2, -0.15) is 0 Å². The standard InChI is InChI=1S/C31H43N7O9/c1-4-18(2)24(34-19(3)40)15-33-26(41)14-28(43)38-16-21(12-25(38)30(46)36-22(17-39)13-29(44)45)35-27(42)11-20-5-7-23(8-6-20)37-10-9-32-31(37)47/h5-8,17-18,21-22,24-25H,4,9-16H2,1-3H3,(H,32,47)(H,33,41)(H,34,40)(H,35,42)(H,36,46)(H,44,45)/t18-,21-,22-,24+,25-/m0/s1. The summed E-state index contributed by atoms with van der Waals surface area (Å²) in [7, 11) is 0. The first-order valence-electron chi connectivity index (χ1n) is 15.6. The number of carbonyl (C=O) groups is 8. The number of likely N-dealkylation sites (tertiary alicyclic amines) is 1. The highest BCUT2D eigenvalue weighted by Gasteiger charge is 2.41. The molecule has 16 nitrogen and oxygen atoms in total. The zero-order chi connectivity index (χ0) is 34.7. The lowest BCUT2D eigenvalue weighted by molar-refractivity contribution is -0.143. The summed E-state index contributed by atoms with van der Waals surface area (Å²) in [6, 6.07) is 3.15. The molecular formula is C31H43N7O9. The van der Waals surface area contributed by atoms with E-state index in [9.17, 15) is 38.4 Å². The largest absolute Gasteiger partial charge is 0.481 e. The number of rotatable bonds is 16. The molecule has 1 aromatic rings. The molecule has 47 heavy (non-hydrogen) atoms. The molecule has 0 radical (unpaired) electrons. The van der Waals surface area contributed by atoms with Crippen LogP contribution in [0.25, 0.3) is 0 Å². The normalized spacial score (nSPS) is 19.2. The lowest BCUT2D eigenvalue weighted by atomic mass is 9.99. The number of aldehydes is 1. The second-order valence-corrected chi connectivity index (χ2v) is 11.8. The predicted molar refractivity (Wildman–Crippen MR) is 168 cm³/mol. The quantitative estimate of drug-likeness (QED) is 0.0952. The molecule has 1 aromatic carbocycles. The zero-order valence-corrected chi connectivity index (χ0v) is 26.7. The maximum Gasteiger partial charge on any atom is 0.321 e. The van der Waals surface area contributed by atoms with Gasteiger partial charge in [-0.15, -0.1) is 0 Å². The molecule has 2 aliphatic rings. The van der Waals surface area contributed by atoms with Crippen LogP contribution in [0.15, 0.2) is 24.3 Å². The van der Waals surface area contributed by atoms with Gasteiger partial charge in [0.2, 0.25) is 29.5 Å². The Kier molecular flexibility index (Phi) is 13.2. The summed E-state index contributed by atoms with van der Waals surface area (Å²) >= 11 is 0. The van der Waals surface area contributed by atoms with Gasteiger partial charge < -0.3 is 41.4 Å². The van der Waals surface area contributed by atoms with Crippen LogP contribution < -0.4 is 31.5 Å². The van der Waals surface area contributed by atoms with Crippen LogP contribution >= 0.6 is 0 Å². The van der Waals surface area contributed by atoms with E-state index in [2.05, 4.69) is 26.6 Å². The van der Waals surface area contributed by atoms with E-state index in [1.54, 1.807) is 29.2 Å². The molecule has 7 amide bonds. The van der Waals surface area contributed by atoms with Crippen LogP contribution in [0.1, 0.15) is 52.0 Å². The van der Waals surface area contributed by atoms with Gasteiger partial charge in [-0.3, -0.25) is 33.7 Å². The van der Waals surface area contributed by atoms with Crippen LogP contribution in [-0.4, -0.2) is 108 Å². The van der Waals surface area contributed by atoms with E-state index in [-0.39, 0.29) is 56.1 Å². The van der Waals surface area contributed by atoms with Crippen molar-refractivity contribution < 1.29 is 43.5 Å². The van der Waals surface area contributed by atoms with Crippen molar-refractivity contribution in [3.63, 3.8) is 0 Å². The maximum absolute atomic E-state index is 13.3. The van der Waals surface area contributed by atoms with E-state index < -0.39 is 60.6 Å². The average Bonchev–Trinajstić information content (AvgIpc) is 3.64. The van der Waals surface area contributed by atoms with Gasteiger partial charge in [0.25, 0.3) is 0 Å². The van der Waals surface area contributed by atoms with Crippen LogP contribution in [0.5, 0.6) is 0 Å². The van der Waals surface area contributed by atoms with Gasteiger partial charge in [0, 0.05) is 50.9 Å². The van der Waals surface area contributed by atoms with Crippen molar-refractivity contribution in [1.29, 1.82) is 0 Å². The summed E-state index contributed by atoms with van der Waals surface area (Å²) < 4.78 is 0. The van der Waals surface area contributed by atoms with Crippen LogP contribution in [0.3, 0.4) is 0 Å². The molecule has 2 saturated heterocycles. The number of hydrogen-bond donors (Lipinski definition) is 6. The van der Waals surface area contributed by atoms with Crippen molar-refractivity contribution in [1.82, 2.24) is 31.5 Å². The number of amides is 7. The van der Waals surface area contributed by atoms with E-state index in [1.807, 2.05) is 13.8 Å². The molecule has 0 saturated carbocycles. The smallest absolute Gasteiger partial charge is 0.321 e. The molecule has 0 bridgehead atoms. The number of urea groups is 1. The lowest BCUT2D eigenvalue weighted by Gasteiger charge is -2.26. The molecule has 0 aromatic heterocycles. The minimum Gasteiger partial charge on any atom is -0.481 e. The van der Waals surface area contributed by atoms with Crippen molar-refractivity contribution in [3.05, 3.63) is 29.8 Å². The van der Waals surface area contributed by atoms with E-state index in [1.165, 1.54) is 6.92 Å². The van der Waals surface area contributed by atoms with E-state index in [0.29, 0.717) is 24.3 Å². The molecule has 2 aliphatic heterocycles. The Morgan fingerprint density at radius 1 is 1.09 bits per heavy atom. The minimum absolute atomic E-state index is 0.0202. The fraction of sp³-hybridized carbons (Fsp3) is 0.548. The fourth-order valence-corrected chi connectivity index (χ4v) is 5.51. The van der Waals surface area contributed by atoms with Crippen molar-refractivity contribution in [2.45, 2.75) is 77.0 Å². The Morgan fingerprint density at radius 2 is 1.79 bits per heavy atom. The third-order valence-electron chi connectivity index (χ3n) is 8.20. The van der Waals surface area contributed by atoms with Gasteiger partial charge in [0.05, 0.1) is 18.9 Å². The third kappa shape index (κ3) is 10.8. The highest BCUT2D eigenvalue weighted by molar-refractivity contribution is 5.99. The fourth-order valence-electron chi connectivity index (χ4n) is 5.51. The third-order valence-corrected chi connectivity index (χ3v) is 8.20. The van der Waals surface area contributed by atoms with Gasteiger partial charge in [0.1, 0.15) is 18.7 Å². The number of hydrogen-bond acceptors (Lipinski definition) is 8. The summed E-state index contributed by atoms with van der Waals surface area (Å²) in [4.78, 5) is 101. The van der Waals surface area contributed by atoms with Crippen molar-refractivity contribution in [2.75, 3.05) is 31.1 Å². The molecule has 3 rings (SSSR count). The summed E-state index contributed by atoms with van der Waals surface area (Å²) in [6.07, 6.45) is -0.316. The predicted octanol–water partition coefficient (Wildman–Crippen LogP) is -0.940. The first-order valence-corrected chi connectivity index (χ1v) is 15.6. The zero-order valence-electron chi connectivity index (χ0n) is 26.7. The molecule has 2 fully saturated rings. The number of nitrogens with one attached hydrogen (secondary N) is 5. The molecular weight excluding hydrogens is 614 g/mol. The number of nitrogens with zero attached hydrogens (tertiary/aromatic N) is 2. The first kappa shape index (κ1) is 36.4. The number of carboxylic acid groups (broad SMARTS) is 1. The number of carbonyl (C=O) groups excluding carboxylic acids is 7. The number of benzene rings is 1. The van der Waals surface area contributed by atoms with E-state index in [0.717, 1.165) is 11.3 Å². The summed E-state index contributed by atoms with van der Waals surface area (Å²) in [6.45, 7) is 6.28. The summed E-state index contributed by atoms with van der Waals surface area (Å²) in [5.41, 5.74) is 1.36. The molecule has 0 aliphatic carbocycles. The van der Waals surface area contributed by atoms with Crippen LogP contribution in [0.2, 0.25) is 0 Å². The Bertz CT molecular complexity index is 1350. The van der Waals surface area contributed by atoms with Gasteiger partial charge in [0.15, 0.2) is 0 Å². The van der Waals surface area contributed by atoms with Crippen LogP contribution in [0.4, 0.5) is 10.5 Å². The highest BCUT2D eigenvalue weighted by Crippen LogP contribution is 2.21. The molecule has 5 atom stereocenters. The lowest BCUT2D eigenvalue weighted by Crippen LogP contribution is -2.51. The Labute approximate surface area is 272 Å². The number of aliphatic carboxylic acids is 1. The van der Waals surface area contributed by atoms with Crippen LogP contribution in [-0.2, 0) is 40.0 Å². The maximum atomic E-state index is 13.3. The average molecular weight is 658 g/mol. The number of carboxylic acids is 1. The molecule has 16 heteroatoms. The molecule has 0 spiro atoms. The Morgan fingerprint density at radius 3 is 2.36 bits per heavy atom. The SMILES string of the molecule is CC[C@H](C)[C@@H](CNC(=O)CC(=O)N1C[C@@H](NC(=O)Cc2ccc(N3CCNC3=O)cc2)C[C@H]1C(=O)N[C@H](C=O)CC(=O)O)NC(C)=O. The van der Waals surface area contributed by atoms with Gasteiger partial charge >= 0.3 is 12.0 Å². The van der Waals surface area contributed by atoms with Gasteiger partial charge in [-0.05, 0) is 30.0 Å². The van der Waals surface area contributed by atoms with Crippen molar-refractivity contribution >= 4 is 53.5 Å². The Hall–Kier alpha value is -5.02. The molecule has 0 unspecified atom stereocenters. The monoisotopic (exact) mass is 657 g/mol. The molecule has 2 heterocycles. The van der Waals surface area contributed by atoms with E-state index >= 15 is 0 Å². The number of anilines is 1. The molecule has 256 valence electrons. The highest BCUT2D eigenvalue weighted by atomic mass is 16.4. The van der Waals surface area contributed by atoms with Crippen LogP contribution in [0, 0.1) is 5.92 Å². The van der Waals surface area contributed by atoms with E-state index in [4.69, 9.17) is 5.11 Å². The van der Waals surface area contributed by atoms with Gasteiger partial charge in [-0.25, -0.2) is 4.79 Å². The van der Waals surface area contributed by atoms with Crippen molar-refractivity contribution in [3.8, 4) is 0 Å². The van der Waals surface area contributed by atoms with Crippen molar-refractivity contribution in [2.24, 2.45) is 5.92 Å². The van der Waals surface area contributed by atoms with Gasteiger partial charge in [-0.1, -0.05) is 32.4 Å². The summed E-state index contributed by atoms with van der Waals surface area (Å²) in [5.74, 6) is -4.05.